The molecule has 2 aromatic carbocycles. The van der Waals surface area contributed by atoms with Crippen molar-refractivity contribution in [2.24, 2.45) is 0 Å². The molecule has 1 N–H and O–H groups in total. The van der Waals surface area contributed by atoms with Gasteiger partial charge in [-0.3, -0.25) is 0 Å². The van der Waals surface area contributed by atoms with Gasteiger partial charge in [0.1, 0.15) is 0 Å². The zero-order valence-corrected chi connectivity index (χ0v) is 17.6. The van der Waals surface area contributed by atoms with Crippen LogP contribution >= 0.6 is 11.3 Å². The van der Waals surface area contributed by atoms with Gasteiger partial charge in [0.15, 0.2) is 5.13 Å². The van der Waals surface area contributed by atoms with E-state index in [1.54, 1.807) is 28.5 Å². The molecule has 4 rings (SSSR count). The predicted molar refractivity (Wildman–Crippen MR) is 120 cm³/mol. The topological polar surface area (TPSA) is 58.9 Å². The lowest BCUT2D eigenvalue weighted by Crippen LogP contribution is -2.21. The van der Waals surface area contributed by atoms with Crippen LogP contribution in [-0.4, -0.2) is 33.1 Å². The highest BCUT2D eigenvalue weighted by Gasteiger charge is 2.09. The van der Waals surface area contributed by atoms with Crippen molar-refractivity contribution in [2.75, 3.05) is 23.3 Å². The second-order valence-electron chi connectivity index (χ2n) is 6.70. The first kappa shape index (κ1) is 19.1. The molecular weight excluding hydrogens is 380 g/mol. The molecule has 6 nitrogen and oxygen atoms in total. The molecule has 0 spiro atoms. The van der Waals surface area contributed by atoms with Crippen molar-refractivity contribution in [3.8, 4) is 16.9 Å². The summed E-state index contributed by atoms with van der Waals surface area (Å²) in [4.78, 5) is 8.71. The summed E-state index contributed by atoms with van der Waals surface area (Å²) < 4.78 is 0. The molecule has 2 aromatic heterocycles. The first-order valence-electron chi connectivity index (χ1n) is 9.73. The molecule has 0 saturated heterocycles. The summed E-state index contributed by atoms with van der Waals surface area (Å²) in [5, 5.41) is 14.7. The van der Waals surface area contributed by atoms with Gasteiger partial charge >= 0.3 is 0 Å². The highest BCUT2D eigenvalue weighted by Crippen LogP contribution is 2.30. The molecule has 0 unspecified atom stereocenters. The first-order valence-corrected chi connectivity index (χ1v) is 10.6. The number of aromatic nitrogens is 4. The average molecular weight is 405 g/mol. The normalized spacial score (nSPS) is 10.9. The van der Waals surface area contributed by atoms with Gasteiger partial charge in [-0.05, 0) is 56.7 Å². The van der Waals surface area contributed by atoms with Crippen LogP contribution in [0.25, 0.3) is 16.9 Å². The van der Waals surface area contributed by atoms with E-state index < -0.39 is 0 Å². The first-order chi connectivity index (χ1) is 14.2. The van der Waals surface area contributed by atoms with Crippen molar-refractivity contribution in [1.82, 2.24) is 20.0 Å². The van der Waals surface area contributed by atoms with Gasteiger partial charge in [0.25, 0.3) is 0 Å². The highest BCUT2D eigenvalue weighted by molar-refractivity contribution is 7.14. The maximum absolute atomic E-state index is 4.76. The second-order valence-corrected chi connectivity index (χ2v) is 7.56. The minimum absolute atomic E-state index is 0.886. The molecule has 0 amide bonds. The molecule has 0 aliphatic carbocycles. The Morgan fingerprint density at radius 1 is 1.00 bits per heavy atom. The maximum Gasteiger partial charge on any atom is 0.187 e. The van der Waals surface area contributed by atoms with E-state index in [9.17, 15) is 0 Å². The molecule has 0 aliphatic rings. The smallest absolute Gasteiger partial charge is 0.187 e. The molecule has 0 radical (unpaired) electrons. The largest absolute Gasteiger partial charge is 0.372 e. The Bertz CT molecular complexity index is 1070. The molecule has 148 valence electrons. The molecule has 0 fully saturated rings. The fourth-order valence-electron chi connectivity index (χ4n) is 3.27. The standard InChI is InChI=1S/C22H24N6S/c1-4-27(5-2)19-10-11-20(16(3)14-19)25-22-26-21(15-29-22)17-6-8-18(9-7-17)28-23-12-13-24-28/h6-15H,4-5H2,1-3H3,(H,25,26). The summed E-state index contributed by atoms with van der Waals surface area (Å²) in [7, 11) is 0. The average Bonchev–Trinajstić information content (AvgIpc) is 3.43. The number of rotatable bonds is 7. The second kappa shape index (κ2) is 8.45. The number of aryl methyl sites for hydroxylation is 1. The summed E-state index contributed by atoms with van der Waals surface area (Å²) in [5.41, 5.74) is 6.50. The number of nitrogens with zero attached hydrogens (tertiary/aromatic N) is 5. The lowest BCUT2D eigenvalue weighted by atomic mass is 10.1. The van der Waals surface area contributed by atoms with Crippen molar-refractivity contribution in [1.29, 1.82) is 0 Å². The van der Waals surface area contributed by atoms with Crippen LogP contribution in [-0.2, 0) is 0 Å². The van der Waals surface area contributed by atoms with E-state index in [0.717, 1.165) is 40.9 Å². The van der Waals surface area contributed by atoms with Crippen LogP contribution < -0.4 is 10.2 Å². The summed E-state index contributed by atoms with van der Waals surface area (Å²) in [6, 6.07) is 14.6. The third-order valence-corrected chi connectivity index (χ3v) is 5.65. The Morgan fingerprint density at radius 3 is 2.38 bits per heavy atom. The Hall–Kier alpha value is -3.19. The van der Waals surface area contributed by atoms with Gasteiger partial charge in [-0.1, -0.05) is 12.1 Å². The van der Waals surface area contributed by atoms with Crippen LogP contribution in [0.2, 0.25) is 0 Å². The third-order valence-electron chi connectivity index (χ3n) is 4.90. The monoisotopic (exact) mass is 404 g/mol. The molecule has 7 heteroatoms. The van der Waals surface area contributed by atoms with Crippen molar-refractivity contribution in [2.45, 2.75) is 20.8 Å². The van der Waals surface area contributed by atoms with Crippen LogP contribution in [0.15, 0.2) is 60.2 Å². The number of nitrogens with one attached hydrogen (secondary N) is 1. The lowest BCUT2D eigenvalue weighted by Gasteiger charge is -2.22. The van der Waals surface area contributed by atoms with Crippen LogP contribution in [0.1, 0.15) is 19.4 Å². The quantitative estimate of drug-likeness (QED) is 0.454. The highest BCUT2D eigenvalue weighted by atomic mass is 32.1. The van der Waals surface area contributed by atoms with Crippen LogP contribution in [0.3, 0.4) is 0 Å². The van der Waals surface area contributed by atoms with Gasteiger partial charge in [0, 0.05) is 35.4 Å². The van der Waals surface area contributed by atoms with Crippen molar-refractivity contribution in [3.05, 3.63) is 65.8 Å². The Labute approximate surface area is 174 Å². The van der Waals surface area contributed by atoms with E-state index in [4.69, 9.17) is 4.98 Å². The fraction of sp³-hybridized carbons (Fsp3) is 0.227. The van der Waals surface area contributed by atoms with Crippen LogP contribution in [0.4, 0.5) is 16.5 Å². The predicted octanol–water partition coefficient (Wildman–Crippen LogP) is 5.29. The van der Waals surface area contributed by atoms with Crippen molar-refractivity contribution < 1.29 is 0 Å². The van der Waals surface area contributed by atoms with Gasteiger partial charge < -0.3 is 10.2 Å². The van der Waals surface area contributed by atoms with E-state index in [0.29, 0.717) is 0 Å². The molecule has 0 aliphatic heterocycles. The third kappa shape index (κ3) is 4.14. The van der Waals surface area contributed by atoms with Gasteiger partial charge in [0.05, 0.1) is 23.8 Å². The van der Waals surface area contributed by atoms with Crippen LogP contribution in [0.5, 0.6) is 0 Å². The molecule has 0 atom stereocenters. The molecular formula is C22H24N6S. The van der Waals surface area contributed by atoms with Gasteiger partial charge in [-0.2, -0.15) is 15.0 Å². The number of hydrogen-bond donors (Lipinski definition) is 1. The van der Waals surface area contributed by atoms with Gasteiger partial charge in [0.2, 0.25) is 0 Å². The molecule has 0 saturated carbocycles. The number of hydrogen-bond acceptors (Lipinski definition) is 6. The van der Waals surface area contributed by atoms with Crippen LogP contribution in [0, 0.1) is 6.92 Å². The lowest BCUT2D eigenvalue weighted by molar-refractivity contribution is 0.752. The zero-order valence-electron chi connectivity index (χ0n) is 16.8. The summed E-state index contributed by atoms with van der Waals surface area (Å²) in [5.74, 6) is 0. The molecule has 2 heterocycles. The van der Waals surface area contributed by atoms with Crippen molar-refractivity contribution in [3.63, 3.8) is 0 Å². The minimum Gasteiger partial charge on any atom is -0.372 e. The Balaban J connectivity index is 1.49. The van der Waals surface area contributed by atoms with E-state index in [1.165, 1.54) is 11.3 Å². The molecule has 4 aromatic rings. The Kier molecular flexibility index (Phi) is 5.57. The van der Waals surface area contributed by atoms with Crippen molar-refractivity contribution >= 4 is 27.8 Å². The minimum atomic E-state index is 0.886. The summed E-state index contributed by atoms with van der Waals surface area (Å²) >= 11 is 1.61. The van der Waals surface area contributed by atoms with E-state index in [2.05, 4.69) is 64.8 Å². The van der Waals surface area contributed by atoms with Gasteiger partial charge in [-0.15, -0.1) is 11.3 Å². The van der Waals surface area contributed by atoms with E-state index >= 15 is 0 Å². The van der Waals surface area contributed by atoms with E-state index in [-0.39, 0.29) is 0 Å². The zero-order chi connectivity index (χ0) is 20.2. The number of thiazole rings is 1. The Morgan fingerprint density at radius 2 is 1.72 bits per heavy atom. The maximum atomic E-state index is 4.76. The van der Waals surface area contributed by atoms with E-state index in [1.807, 2.05) is 24.3 Å². The fourth-order valence-corrected chi connectivity index (χ4v) is 4.00. The SMILES string of the molecule is CCN(CC)c1ccc(Nc2nc(-c3ccc(-n4nccn4)cc3)cs2)c(C)c1. The number of anilines is 3. The summed E-state index contributed by atoms with van der Waals surface area (Å²) in [6.07, 6.45) is 3.34. The number of benzene rings is 2. The molecule has 29 heavy (non-hydrogen) atoms. The summed E-state index contributed by atoms with van der Waals surface area (Å²) in [6.45, 7) is 8.51. The molecule has 0 bridgehead atoms. The van der Waals surface area contributed by atoms with Gasteiger partial charge in [-0.25, -0.2) is 4.98 Å².